The lowest BCUT2D eigenvalue weighted by molar-refractivity contribution is -0.385. The number of nitrogens with one attached hydrogen (secondary N) is 1. The second-order valence-corrected chi connectivity index (χ2v) is 4.85. The molecule has 19 heavy (non-hydrogen) atoms. The topological polar surface area (TPSA) is 98.3 Å². The van der Waals surface area contributed by atoms with E-state index in [2.05, 4.69) is 5.32 Å². The number of rotatable bonds is 4. The third-order valence-corrected chi connectivity index (χ3v) is 3.31. The Balaban J connectivity index is 2.08. The zero-order valence-electron chi connectivity index (χ0n) is 10.2. The highest BCUT2D eigenvalue weighted by molar-refractivity contribution is 5.94. The maximum atomic E-state index is 13.2. The van der Waals surface area contributed by atoms with Gasteiger partial charge >= 0.3 is 0 Å². The molecular formula is C12H14FN3O3. The van der Waals surface area contributed by atoms with Crippen LogP contribution >= 0.6 is 0 Å². The van der Waals surface area contributed by atoms with E-state index in [1.807, 2.05) is 0 Å². The van der Waals surface area contributed by atoms with Gasteiger partial charge in [-0.05, 0) is 25.3 Å². The molecule has 7 heteroatoms. The number of benzene rings is 1. The molecule has 1 aromatic carbocycles. The Morgan fingerprint density at radius 3 is 2.68 bits per heavy atom. The van der Waals surface area contributed by atoms with Crippen LogP contribution in [0, 0.1) is 15.9 Å². The van der Waals surface area contributed by atoms with Crippen LogP contribution < -0.4 is 11.1 Å². The Labute approximate surface area is 108 Å². The van der Waals surface area contributed by atoms with Gasteiger partial charge in [0.15, 0.2) is 0 Å². The van der Waals surface area contributed by atoms with E-state index in [1.54, 1.807) is 0 Å². The maximum Gasteiger partial charge on any atom is 0.273 e. The number of hydrogen-bond donors (Lipinski definition) is 2. The Kier molecular flexibility index (Phi) is 3.48. The Morgan fingerprint density at radius 1 is 1.47 bits per heavy atom. The van der Waals surface area contributed by atoms with Crippen molar-refractivity contribution in [3.63, 3.8) is 0 Å². The fourth-order valence-electron chi connectivity index (χ4n) is 1.98. The van der Waals surface area contributed by atoms with Crippen LogP contribution in [0.3, 0.4) is 0 Å². The van der Waals surface area contributed by atoms with Gasteiger partial charge in [0.05, 0.1) is 11.0 Å². The summed E-state index contributed by atoms with van der Waals surface area (Å²) in [4.78, 5) is 21.7. The van der Waals surface area contributed by atoms with Gasteiger partial charge in [0.1, 0.15) is 5.82 Å². The molecule has 0 bridgehead atoms. The first-order valence-electron chi connectivity index (χ1n) is 5.92. The zero-order chi connectivity index (χ0) is 14.0. The van der Waals surface area contributed by atoms with Gasteiger partial charge in [-0.3, -0.25) is 14.9 Å². The van der Waals surface area contributed by atoms with Crippen molar-refractivity contribution < 1.29 is 14.1 Å². The monoisotopic (exact) mass is 267 g/mol. The summed E-state index contributed by atoms with van der Waals surface area (Å²) in [5.74, 6) is -1.37. The highest BCUT2D eigenvalue weighted by Gasteiger charge is 2.32. The molecule has 1 aromatic rings. The smallest absolute Gasteiger partial charge is 0.273 e. The van der Waals surface area contributed by atoms with E-state index >= 15 is 0 Å². The number of non-ortho nitro benzene ring substituents is 1. The van der Waals surface area contributed by atoms with E-state index < -0.39 is 27.9 Å². The number of halogens is 1. The van der Waals surface area contributed by atoms with Crippen molar-refractivity contribution in [2.45, 2.75) is 24.8 Å². The van der Waals surface area contributed by atoms with Crippen molar-refractivity contribution in [1.82, 2.24) is 5.32 Å². The molecule has 0 spiro atoms. The normalized spacial score (nSPS) is 16.5. The number of carbonyl (C=O) groups excluding carboxylic acids is 1. The first kappa shape index (κ1) is 13.4. The zero-order valence-corrected chi connectivity index (χ0v) is 10.2. The van der Waals surface area contributed by atoms with Gasteiger partial charge in [0.2, 0.25) is 0 Å². The summed E-state index contributed by atoms with van der Waals surface area (Å²) in [7, 11) is 0. The van der Waals surface area contributed by atoms with Crippen molar-refractivity contribution in [3.8, 4) is 0 Å². The molecule has 1 fully saturated rings. The molecule has 1 amide bonds. The van der Waals surface area contributed by atoms with Gasteiger partial charge < -0.3 is 11.1 Å². The summed E-state index contributed by atoms with van der Waals surface area (Å²) < 4.78 is 13.2. The van der Waals surface area contributed by atoms with Crippen LogP contribution in [-0.4, -0.2) is 22.9 Å². The van der Waals surface area contributed by atoms with Crippen LogP contribution in [0.15, 0.2) is 18.2 Å². The Hall–Kier alpha value is -2.02. The number of amides is 1. The fourth-order valence-corrected chi connectivity index (χ4v) is 1.98. The van der Waals surface area contributed by atoms with E-state index in [1.165, 1.54) is 0 Å². The third-order valence-electron chi connectivity index (χ3n) is 3.31. The van der Waals surface area contributed by atoms with Crippen LogP contribution in [0.4, 0.5) is 10.1 Å². The number of nitrogens with zero attached hydrogens (tertiary/aromatic N) is 1. The molecular weight excluding hydrogens is 253 g/mol. The van der Waals surface area contributed by atoms with E-state index in [-0.39, 0.29) is 12.1 Å². The molecule has 0 aromatic heterocycles. The Bertz CT molecular complexity index is 529. The van der Waals surface area contributed by atoms with Gasteiger partial charge in [-0.1, -0.05) is 0 Å². The summed E-state index contributed by atoms with van der Waals surface area (Å²) >= 11 is 0. The van der Waals surface area contributed by atoms with Gasteiger partial charge in [-0.2, -0.15) is 0 Å². The predicted octanol–water partition coefficient (Wildman–Crippen LogP) is 1.35. The number of nitrogens with two attached hydrogens (primary N) is 1. The van der Waals surface area contributed by atoms with Crippen molar-refractivity contribution in [2.24, 2.45) is 5.73 Å². The van der Waals surface area contributed by atoms with Gasteiger partial charge in [0.25, 0.3) is 11.6 Å². The lowest BCUT2D eigenvalue weighted by atomic mass is 9.78. The molecule has 1 saturated carbocycles. The molecule has 0 radical (unpaired) electrons. The first-order valence-corrected chi connectivity index (χ1v) is 5.92. The molecule has 6 nitrogen and oxygen atoms in total. The van der Waals surface area contributed by atoms with Gasteiger partial charge in [-0.25, -0.2) is 4.39 Å². The number of nitro benzene ring substituents is 1. The second kappa shape index (κ2) is 4.93. The largest absolute Gasteiger partial charge is 0.350 e. The minimum Gasteiger partial charge on any atom is -0.350 e. The average Bonchev–Trinajstić information content (AvgIpc) is 2.32. The van der Waals surface area contributed by atoms with Gasteiger partial charge in [-0.15, -0.1) is 0 Å². The molecule has 102 valence electrons. The van der Waals surface area contributed by atoms with E-state index in [9.17, 15) is 19.3 Å². The van der Waals surface area contributed by atoms with Crippen LogP contribution in [0.25, 0.3) is 0 Å². The Morgan fingerprint density at radius 2 is 2.16 bits per heavy atom. The molecule has 2 rings (SSSR count). The van der Waals surface area contributed by atoms with E-state index in [4.69, 9.17) is 5.73 Å². The van der Waals surface area contributed by atoms with E-state index in [0.29, 0.717) is 0 Å². The minimum absolute atomic E-state index is 0.0744. The molecule has 0 unspecified atom stereocenters. The SMILES string of the molecule is NC1(CNC(=O)c2cc(F)cc([N+](=O)[O-])c2)CCC1. The lowest BCUT2D eigenvalue weighted by Gasteiger charge is -2.38. The predicted molar refractivity (Wildman–Crippen MR) is 66.2 cm³/mol. The van der Waals surface area contributed by atoms with E-state index in [0.717, 1.165) is 37.5 Å². The lowest BCUT2D eigenvalue weighted by Crippen LogP contribution is -2.54. The summed E-state index contributed by atoms with van der Waals surface area (Å²) in [6, 6.07) is 2.78. The number of carbonyl (C=O) groups is 1. The number of hydrogen-bond acceptors (Lipinski definition) is 4. The van der Waals surface area contributed by atoms with Crippen LogP contribution in [0.1, 0.15) is 29.6 Å². The standard InChI is InChI=1S/C12H14FN3O3/c13-9-4-8(5-10(6-9)16(18)19)11(17)15-7-12(14)2-1-3-12/h4-6H,1-3,7,14H2,(H,15,17). The summed E-state index contributed by atoms with van der Waals surface area (Å²) in [5.41, 5.74) is 5.02. The summed E-state index contributed by atoms with van der Waals surface area (Å²) in [6.07, 6.45) is 2.69. The van der Waals surface area contributed by atoms with Crippen molar-refractivity contribution in [1.29, 1.82) is 0 Å². The average molecular weight is 267 g/mol. The maximum absolute atomic E-state index is 13.2. The highest BCUT2D eigenvalue weighted by atomic mass is 19.1. The molecule has 0 heterocycles. The van der Waals surface area contributed by atoms with Crippen LogP contribution in [0.5, 0.6) is 0 Å². The molecule has 1 aliphatic carbocycles. The third kappa shape index (κ3) is 3.05. The molecule has 3 N–H and O–H groups in total. The van der Waals surface area contributed by atoms with Crippen molar-refractivity contribution >= 4 is 11.6 Å². The second-order valence-electron chi connectivity index (χ2n) is 4.85. The number of nitro groups is 1. The highest BCUT2D eigenvalue weighted by Crippen LogP contribution is 2.28. The molecule has 0 saturated heterocycles. The fraction of sp³-hybridized carbons (Fsp3) is 0.417. The quantitative estimate of drug-likeness (QED) is 0.635. The van der Waals surface area contributed by atoms with Crippen LogP contribution in [0.2, 0.25) is 0 Å². The van der Waals surface area contributed by atoms with Crippen molar-refractivity contribution in [2.75, 3.05) is 6.54 Å². The summed E-state index contributed by atoms with van der Waals surface area (Å²) in [5, 5.41) is 13.2. The first-order chi connectivity index (χ1) is 8.89. The summed E-state index contributed by atoms with van der Waals surface area (Å²) in [6.45, 7) is 0.288. The van der Waals surface area contributed by atoms with Crippen molar-refractivity contribution in [3.05, 3.63) is 39.7 Å². The molecule has 1 aliphatic rings. The molecule has 0 aliphatic heterocycles. The van der Waals surface area contributed by atoms with Crippen LogP contribution in [-0.2, 0) is 0 Å². The van der Waals surface area contributed by atoms with Gasteiger partial charge in [0, 0.05) is 23.7 Å². The molecule has 0 atom stereocenters. The minimum atomic E-state index is -0.814.